The summed E-state index contributed by atoms with van der Waals surface area (Å²) in [5.74, 6) is 0.153. The molecule has 5 heteroatoms. The number of hydrogen-bond acceptors (Lipinski definition) is 3. The van der Waals surface area contributed by atoms with Crippen molar-refractivity contribution in [1.82, 2.24) is 4.57 Å². The Hall–Kier alpha value is -2.01. The van der Waals surface area contributed by atoms with Crippen LogP contribution in [0.3, 0.4) is 0 Å². The lowest BCUT2D eigenvalue weighted by molar-refractivity contribution is 0.542. The summed E-state index contributed by atoms with van der Waals surface area (Å²) in [5.41, 5.74) is 1.80. The summed E-state index contributed by atoms with van der Waals surface area (Å²) in [4.78, 5) is 22.9. The molecule has 1 aromatic heterocycles. The van der Waals surface area contributed by atoms with Crippen LogP contribution in [0.4, 0.5) is 0 Å². The third-order valence-corrected chi connectivity index (χ3v) is 4.45. The average molecular weight is 375 g/mol. The van der Waals surface area contributed by atoms with Gasteiger partial charge in [-0.15, -0.1) is 6.58 Å². The fourth-order valence-electron chi connectivity index (χ4n) is 2.63. The number of rotatable bonds is 7. The van der Waals surface area contributed by atoms with Crippen molar-refractivity contribution in [2.75, 3.05) is 0 Å². The van der Waals surface area contributed by atoms with E-state index in [1.807, 2.05) is 30.3 Å². The molecule has 4 nitrogen and oxygen atoms in total. The molecule has 0 bridgehead atoms. The number of allylic oxidation sites excluding steroid dienone is 1. The van der Waals surface area contributed by atoms with E-state index in [1.165, 1.54) is 10.6 Å². The first-order chi connectivity index (χ1) is 11.0. The van der Waals surface area contributed by atoms with Crippen molar-refractivity contribution >= 4 is 15.9 Å². The fourth-order valence-corrected chi connectivity index (χ4v) is 2.89. The van der Waals surface area contributed by atoms with Crippen LogP contribution >= 0.6 is 15.9 Å². The molecule has 0 aliphatic carbocycles. The van der Waals surface area contributed by atoms with E-state index in [4.69, 9.17) is 0 Å². The van der Waals surface area contributed by atoms with Crippen LogP contribution < -0.4 is 5.56 Å². The lowest BCUT2D eigenvalue weighted by atomic mass is 9.87. The molecule has 1 heterocycles. The van der Waals surface area contributed by atoms with Crippen LogP contribution in [0.2, 0.25) is 0 Å². The Labute approximate surface area is 144 Å². The Balaban J connectivity index is 2.27. The quantitative estimate of drug-likeness (QED) is 0.520. The zero-order valence-electron chi connectivity index (χ0n) is 13.0. The van der Waals surface area contributed by atoms with Crippen molar-refractivity contribution < 1.29 is 0 Å². The molecule has 120 valence electrons. The minimum atomic E-state index is -0.490. The first kappa shape index (κ1) is 17.3. The summed E-state index contributed by atoms with van der Waals surface area (Å²) in [6, 6.07) is 10.7. The molecule has 0 aliphatic rings. The molecule has 0 saturated carbocycles. The third-order valence-electron chi connectivity index (χ3n) is 3.92. The van der Waals surface area contributed by atoms with Crippen molar-refractivity contribution in [3.8, 4) is 0 Å². The van der Waals surface area contributed by atoms with Gasteiger partial charge in [0.25, 0.3) is 0 Å². The van der Waals surface area contributed by atoms with Crippen molar-refractivity contribution in [1.29, 1.82) is 0 Å². The highest BCUT2D eigenvalue weighted by Gasteiger charge is 2.20. The highest BCUT2D eigenvalue weighted by molar-refractivity contribution is 9.10. The molecular formula is C18H19BrN2O2. The Morgan fingerprint density at radius 2 is 1.87 bits per heavy atom. The van der Waals surface area contributed by atoms with Crippen LogP contribution in [0.1, 0.15) is 35.9 Å². The fraction of sp³-hybridized carbons (Fsp3) is 0.278. The molecule has 2 atom stereocenters. The number of nitroso groups, excluding NO2 is 1. The van der Waals surface area contributed by atoms with Crippen molar-refractivity contribution in [3.63, 3.8) is 0 Å². The van der Waals surface area contributed by atoms with Crippen LogP contribution in [0.5, 0.6) is 0 Å². The number of nitrogens with zero attached hydrogens (tertiary/aromatic N) is 2. The van der Waals surface area contributed by atoms with Crippen molar-refractivity contribution in [2.45, 2.75) is 24.8 Å². The summed E-state index contributed by atoms with van der Waals surface area (Å²) < 4.78 is 2.48. The molecule has 0 aliphatic heterocycles. The van der Waals surface area contributed by atoms with Gasteiger partial charge in [-0.05, 0) is 48.1 Å². The number of halogens is 1. The topological polar surface area (TPSA) is 51.4 Å². The molecule has 0 fully saturated rings. The van der Waals surface area contributed by atoms with Gasteiger partial charge in [0.05, 0.1) is 0 Å². The lowest BCUT2D eigenvalue weighted by Crippen LogP contribution is -2.16. The van der Waals surface area contributed by atoms with Crippen LogP contribution in [0.25, 0.3) is 0 Å². The second kappa shape index (κ2) is 8.02. The van der Waals surface area contributed by atoms with Gasteiger partial charge in [-0.25, -0.2) is 0 Å². The maximum atomic E-state index is 11.5. The molecule has 2 rings (SSSR count). The predicted molar refractivity (Wildman–Crippen MR) is 96.5 cm³/mol. The maximum absolute atomic E-state index is 11.5. The van der Waals surface area contributed by atoms with Gasteiger partial charge in [0.2, 0.25) is 5.56 Å². The largest absolute Gasteiger partial charge is 0.318 e. The van der Waals surface area contributed by atoms with Crippen LogP contribution in [0.15, 0.2) is 69.7 Å². The third kappa shape index (κ3) is 4.48. The van der Waals surface area contributed by atoms with Crippen LogP contribution in [-0.4, -0.2) is 4.57 Å². The minimum Gasteiger partial charge on any atom is -0.318 e. The zero-order chi connectivity index (χ0) is 16.8. The SMILES string of the molecule is C=CCC(CC(N=O)c1ccc(=O)n(C)c1)c1ccc(Br)cc1. The first-order valence-electron chi connectivity index (χ1n) is 7.40. The van der Waals surface area contributed by atoms with E-state index in [1.54, 1.807) is 19.3 Å². The predicted octanol–water partition coefficient (Wildman–Crippen LogP) is 4.71. The van der Waals surface area contributed by atoms with E-state index in [0.717, 1.165) is 22.0 Å². The number of aromatic nitrogens is 1. The first-order valence-corrected chi connectivity index (χ1v) is 8.20. The molecule has 0 radical (unpaired) electrons. The lowest BCUT2D eigenvalue weighted by Gasteiger charge is -2.19. The molecule has 0 saturated heterocycles. The average Bonchev–Trinajstić information content (AvgIpc) is 2.55. The van der Waals surface area contributed by atoms with Gasteiger partial charge in [-0.1, -0.05) is 39.3 Å². The molecule has 0 amide bonds. The second-order valence-electron chi connectivity index (χ2n) is 5.54. The van der Waals surface area contributed by atoms with Gasteiger partial charge in [0, 0.05) is 23.8 Å². The molecule has 2 unspecified atom stereocenters. The maximum Gasteiger partial charge on any atom is 0.250 e. The Bertz CT molecular complexity index is 737. The Morgan fingerprint density at radius 1 is 1.22 bits per heavy atom. The number of pyridine rings is 1. The van der Waals surface area contributed by atoms with E-state index in [9.17, 15) is 9.70 Å². The van der Waals surface area contributed by atoms with Gasteiger partial charge >= 0.3 is 0 Å². The normalized spacial score (nSPS) is 13.3. The highest BCUT2D eigenvalue weighted by Crippen LogP contribution is 2.33. The highest BCUT2D eigenvalue weighted by atomic mass is 79.9. The monoisotopic (exact) mass is 374 g/mol. The van der Waals surface area contributed by atoms with Gasteiger partial charge < -0.3 is 4.57 Å². The van der Waals surface area contributed by atoms with Gasteiger partial charge in [-0.2, -0.15) is 4.91 Å². The second-order valence-corrected chi connectivity index (χ2v) is 6.46. The van der Waals surface area contributed by atoms with E-state index < -0.39 is 6.04 Å². The number of hydrogen-bond donors (Lipinski definition) is 0. The molecule has 0 N–H and O–H groups in total. The van der Waals surface area contributed by atoms with Crippen LogP contribution in [-0.2, 0) is 7.05 Å². The molecule has 2 aromatic rings. The van der Waals surface area contributed by atoms with Crippen LogP contribution in [0, 0.1) is 4.91 Å². The zero-order valence-corrected chi connectivity index (χ0v) is 14.6. The van der Waals surface area contributed by atoms with Gasteiger partial charge in [-0.3, -0.25) is 4.79 Å². The minimum absolute atomic E-state index is 0.103. The number of benzene rings is 1. The summed E-state index contributed by atoms with van der Waals surface area (Å²) in [5, 5.41) is 3.29. The summed E-state index contributed by atoms with van der Waals surface area (Å²) in [6.07, 6.45) is 4.88. The van der Waals surface area contributed by atoms with E-state index in [2.05, 4.69) is 27.7 Å². The smallest absolute Gasteiger partial charge is 0.250 e. The summed E-state index contributed by atoms with van der Waals surface area (Å²) in [7, 11) is 1.67. The Morgan fingerprint density at radius 3 is 2.43 bits per heavy atom. The van der Waals surface area contributed by atoms with E-state index in [-0.39, 0.29) is 11.5 Å². The molecule has 1 aromatic carbocycles. The molecule has 0 spiro atoms. The van der Waals surface area contributed by atoms with E-state index >= 15 is 0 Å². The van der Waals surface area contributed by atoms with Crippen molar-refractivity contribution in [2.24, 2.45) is 12.2 Å². The molecular weight excluding hydrogens is 356 g/mol. The van der Waals surface area contributed by atoms with Gasteiger partial charge in [0.15, 0.2) is 0 Å². The standard InChI is InChI=1S/C18H19BrN2O2/c1-3-4-14(13-5-8-16(19)9-6-13)11-17(20-23)15-7-10-18(22)21(2)12-15/h3,5-10,12,14,17H,1,4,11H2,2H3. The Kier molecular flexibility index (Phi) is 6.04. The number of aryl methyl sites for hydroxylation is 1. The summed E-state index contributed by atoms with van der Waals surface area (Å²) >= 11 is 3.43. The summed E-state index contributed by atoms with van der Waals surface area (Å²) in [6.45, 7) is 3.81. The van der Waals surface area contributed by atoms with Crippen molar-refractivity contribution in [3.05, 3.63) is 86.1 Å². The van der Waals surface area contributed by atoms with E-state index in [0.29, 0.717) is 6.42 Å². The molecule has 23 heavy (non-hydrogen) atoms. The van der Waals surface area contributed by atoms with Gasteiger partial charge in [0.1, 0.15) is 6.04 Å².